The predicted molar refractivity (Wildman–Crippen MR) is 89.4 cm³/mol. The average Bonchev–Trinajstić information content (AvgIpc) is 2.87. The Morgan fingerprint density at radius 1 is 1.05 bits per heavy atom. The highest BCUT2D eigenvalue weighted by Gasteiger charge is 2.41. The molecule has 0 aliphatic heterocycles. The van der Waals surface area contributed by atoms with Crippen molar-refractivity contribution in [2.75, 3.05) is 0 Å². The molecule has 0 amide bonds. The molecule has 2 aliphatic carbocycles. The summed E-state index contributed by atoms with van der Waals surface area (Å²) in [5.74, 6) is 1.87. The molecule has 0 heterocycles. The second kappa shape index (κ2) is 6.40. The molecule has 21 heavy (non-hydrogen) atoms. The zero-order valence-corrected chi connectivity index (χ0v) is 14.8. The van der Waals surface area contributed by atoms with Gasteiger partial charge in [-0.05, 0) is 51.9 Å². The smallest absolute Gasteiger partial charge is 0.155 e. The third-order valence-corrected chi connectivity index (χ3v) is 6.04. The quantitative estimate of drug-likeness (QED) is 0.736. The van der Waals surface area contributed by atoms with Crippen LogP contribution >= 0.6 is 0 Å². The SMILES string of the molecule is CC(NC(C)(C)CC1CCC1)C(=O)C(C)(C)C1CCCC1. The first-order valence-corrected chi connectivity index (χ1v) is 9.04. The minimum atomic E-state index is -0.171. The Bertz CT molecular complexity index is 362. The Balaban J connectivity index is 1.91. The molecule has 0 saturated heterocycles. The van der Waals surface area contributed by atoms with Crippen LogP contribution in [0.1, 0.15) is 86.0 Å². The van der Waals surface area contributed by atoms with Crippen molar-refractivity contribution in [2.24, 2.45) is 17.3 Å². The van der Waals surface area contributed by atoms with Crippen molar-refractivity contribution in [2.45, 2.75) is 97.6 Å². The molecule has 2 aliphatic rings. The molecule has 0 spiro atoms. The van der Waals surface area contributed by atoms with E-state index in [1.54, 1.807) is 0 Å². The molecule has 0 bridgehead atoms. The molecule has 0 aromatic rings. The number of carbonyl (C=O) groups is 1. The highest BCUT2D eigenvalue weighted by Crippen LogP contribution is 2.41. The molecule has 1 unspecified atom stereocenters. The lowest BCUT2D eigenvalue weighted by Gasteiger charge is -2.39. The van der Waals surface area contributed by atoms with E-state index in [2.05, 4.69) is 39.9 Å². The third kappa shape index (κ3) is 4.09. The monoisotopic (exact) mass is 293 g/mol. The van der Waals surface area contributed by atoms with E-state index in [1.807, 2.05) is 0 Å². The van der Waals surface area contributed by atoms with Gasteiger partial charge in [-0.25, -0.2) is 0 Å². The summed E-state index contributed by atoms with van der Waals surface area (Å²) in [4.78, 5) is 12.9. The molecule has 0 aromatic heterocycles. The second-order valence-electron chi connectivity index (χ2n) is 8.82. The molecule has 0 radical (unpaired) electrons. The molecule has 2 nitrogen and oxygen atoms in total. The van der Waals surface area contributed by atoms with Crippen LogP contribution in [0.3, 0.4) is 0 Å². The first kappa shape index (κ1) is 17.0. The number of hydrogen-bond acceptors (Lipinski definition) is 2. The van der Waals surface area contributed by atoms with Gasteiger partial charge in [-0.2, -0.15) is 0 Å². The van der Waals surface area contributed by atoms with E-state index < -0.39 is 0 Å². The van der Waals surface area contributed by atoms with Crippen LogP contribution in [-0.4, -0.2) is 17.4 Å². The van der Waals surface area contributed by atoms with Crippen molar-refractivity contribution < 1.29 is 4.79 Å². The van der Waals surface area contributed by atoms with Crippen LogP contribution in [0.4, 0.5) is 0 Å². The fourth-order valence-corrected chi connectivity index (χ4v) is 4.54. The molecular weight excluding hydrogens is 258 g/mol. The highest BCUT2D eigenvalue weighted by molar-refractivity contribution is 5.89. The van der Waals surface area contributed by atoms with Gasteiger partial charge in [-0.15, -0.1) is 0 Å². The number of nitrogens with one attached hydrogen (secondary N) is 1. The van der Waals surface area contributed by atoms with Crippen LogP contribution in [0, 0.1) is 17.3 Å². The number of hydrogen-bond donors (Lipinski definition) is 1. The molecule has 1 N–H and O–H groups in total. The van der Waals surface area contributed by atoms with E-state index in [-0.39, 0.29) is 17.0 Å². The molecule has 2 rings (SSSR count). The molecule has 0 aromatic carbocycles. The van der Waals surface area contributed by atoms with E-state index in [0.717, 1.165) is 5.92 Å². The Morgan fingerprint density at radius 3 is 2.10 bits per heavy atom. The van der Waals surface area contributed by atoms with E-state index in [4.69, 9.17) is 0 Å². The topological polar surface area (TPSA) is 29.1 Å². The summed E-state index contributed by atoms with van der Waals surface area (Å²) in [5.41, 5.74) is -0.0958. The number of rotatable bonds is 7. The highest BCUT2D eigenvalue weighted by atomic mass is 16.1. The zero-order chi connectivity index (χ0) is 15.7. The Morgan fingerprint density at radius 2 is 1.62 bits per heavy atom. The lowest BCUT2D eigenvalue weighted by Crippen LogP contribution is -2.53. The first-order chi connectivity index (χ1) is 9.72. The lowest BCUT2D eigenvalue weighted by atomic mass is 9.72. The van der Waals surface area contributed by atoms with Gasteiger partial charge in [0.15, 0.2) is 5.78 Å². The van der Waals surface area contributed by atoms with Crippen LogP contribution in [0.25, 0.3) is 0 Å². The van der Waals surface area contributed by atoms with E-state index in [0.29, 0.717) is 11.7 Å². The first-order valence-electron chi connectivity index (χ1n) is 9.04. The molecular formula is C19H35NO. The van der Waals surface area contributed by atoms with Crippen molar-refractivity contribution in [1.82, 2.24) is 5.32 Å². The van der Waals surface area contributed by atoms with Crippen molar-refractivity contribution in [3.8, 4) is 0 Å². The molecule has 122 valence electrons. The normalized spacial score (nSPS) is 23.1. The van der Waals surface area contributed by atoms with Crippen LogP contribution in [0.15, 0.2) is 0 Å². The third-order valence-electron chi connectivity index (χ3n) is 6.04. The Labute approximate surface area is 131 Å². The van der Waals surface area contributed by atoms with Gasteiger partial charge in [0.25, 0.3) is 0 Å². The average molecular weight is 293 g/mol. The largest absolute Gasteiger partial charge is 0.303 e. The van der Waals surface area contributed by atoms with E-state index >= 15 is 0 Å². The number of ketones is 1. The van der Waals surface area contributed by atoms with Crippen molar-refractivity contribution in [3.63, 3.8) is 0 Å². The van der Waals surface area contributed by atoms with Crippen molar-refractivity contribution >= 4 is 5.78 Å². The van der Waals surface area contributed by atoms with Crippen molar-refractivity contribution in [3.05, 3.63) is 0 Å². The second-order valence-corrected chi connectivity index (χ2v) is 8.82. The summed E-state index contributed by atoms with van der Waals surface area (Å²) in [7, 11) is 0. The molecule has 2 heteroatoms. The van der Waals surface area contributed by atoms with Crippen LogP contribution < -0.4 is 5.32 Å². The summed E-state index contributed by atoms with van der Waals surface area (Å²) in [5, 5.41) is 3.64. The Hall–Kier alpha value is -0.370. The van der Waals surface area contributed by atoms with Crippen LogP contribution in [0.2, 0.25) is 0 Å². The van der Waals surface area contributed by atoms with Gasteiger partial charge < -0.3 is 5.32 Å². The van der Waals surface area contributed by atoms with Crippen LogP contribution in [0.5, 0.6) is 0 Å². The van der Waals surface area contributed by atoms with Gasteiger partial charge in [-0.1, -0.05) is 46.0 Å². The van der Waals surface area contributed by atoms with E-state index in [9.17, 15) is 4.79 Å². The molecule has 2 saturated carbocycles. The summed E-state index contributed by atoms with van der Waals surface area (Å²) in [6.07, 6.45) is 10.4. The van der Waals surface area contributed by atoms with Gasteiger partial charge >= 0.3 is 0 Å². The lowest BCUT2D eigenvalue weighted by molar-refractivity contribution is -0.132. The van der Waals surface area contributed by atoms with Crippen molar-refractivity contribution in [1.29, 1.82) is 0 Å². The van der Waals surface area contributed by atoms with Gasteiger partial charge in [0, 0.05) is 11.0 Å². The van der Waals surface area contributed by atoms with Gasteiger partial charge in [0.2, 0.25) is 0 Å². The van der Waals surface area contributed by atoms with Crippen LogP contribution in [-0.2, 0) is 4.79 Å². The zero-order valence-electron chi connectivity index (χ0n) is 14.8. The molecule has 1 atom stereocenters. The molecule has 2 fully saturated rings. The maximum absolute atomic E-state index is 12.9. The van der Waals surface area contributed by atoms with E-state index in [1.165, 1.54) is 51.4 Å². The summed E-state index contributed by atoms with van der Waals surface area (Å²) >= 11 is 0. The fraction of sp³-hybridized carbons (Fsp3) is 0.947. The maximum Gasteiger partial charge on any atom is 0.155 e. The number of carbonyl (C=O) groups excluding carboxylic acids is 1. The van der Waals surface area contributed by atoms with Gasteiger partial charge in [-0.3, -0.25) is 4.79 Å². The Kier molecular flexibility index (Phi) is 5.18. The summed E-state index contributed by atoms with van der Waals surface area (Å²) in [6.45, 7) is 10.9. The fourth-order valence-electron chi connectivity index (χ4n) is 4.54. The standard InChI is InChI=1S/C19H35NO/c1-14(20-18(2,3)13-15-9-8-10-15)17(21)19(4,5)16-11-6-7-12-16/h14-16,20H,6-13H2,1-5H3. The maximum atomic E-state index is 12.9. The van der Waals surface area contributed by atoms with Gasteiger partial charge in [0.05, 0.1) is 6.04 Å². The summed E-state index contributed by atoms with van der Waals surface area (Å²) in [6, 6.07) is -0.0318. The minimum Gasteiger partial charge on any atom is -0.303 e. The van der Waals surface area contributed by atoms with Gasteiger partial charge in [0.1, 0.15) is 0 Å². The minimum absolute atomic E-state index is 0.0318. The summed E-state index contributed by atoms with van der Waals surface area (Å²) < 4.78 is 0. The predicted octanol–water partition coefficient (Wildman–Crippen LogP) is 4.72. The number of Topliss-reactive ketones (excluding diaryl/α,β-unsaturated/α-hetero) is 1.